The Hall–Kier alpha value is -3.42. The Morgan fingerprint density at radius 2 is 1.87 bits per heavy atom. The van der Waals surface area contributed by atoms with Gasteiger partial charge < -0.3 is 14.5 Å². The second-order valence-electron chi connectivity index (χ2n) is 6.32. The van der Waals surface area contributed by atoms with Gasteiger partial charge in [-0.1, -0.05) is 23.7 Å². The van der Waals surface area contributed by atoms with E-state index in [1.54, 1.807) is 12.1 Å². The first kappa shape index (κ1) is 19.9. The molecule has 1 amide bonds. The highest BCUT2D eigenvalue weighted by Crippen LogP contribution is 2.26. The molecule has 2 N–H and O–H groups in total. The van der Waals surface area contributed by atoms with E-state index in [1.165, 1.54) is 13.2 Å². The van der Waals surface area contributed by atoms with Gasteiger partial charge in [-0.25, -0.2) is 4.98 Å². The molecule has 0 atom stereocenters. The third-order valence-electron chi connectivity index (χ3n) is 4.32. The average molecular weight is 438 g/mol. The molecule has 4 aromatic rings. The van der Waals surface area contributed by atoms with Crippen molar-refractivity contribution in [3.63, 3.8) is 0 Å². The van der Waals surface area contributed by atoms with E-state index in [1.807, 2.05) is 48.5 Å². The van der Waals surface area contributed by atoms with Gasteiger partial charge in [-0.2, -0.15) is 0 Å². The molecule has 3 aromatic carbocycles. The Kier molecular flexibility index (Phi) is 5.65. The van der Waals surface area contributed by atoms with Crippen molar-refractivity contribution >= 4 is 51.6 Å². The fourth-order valence-corrected chi connectivity index (χ4v) is 3.31. The van der Waals surface area contributed by atoms with Crippen molar-refractivity contribution in [3.8, 4) is 17.2 Å². The maximum absolute atomic E-state index is 12.4. The molecular formula is C22H16ClN3O3S. The van der Waals surface area contributed by atoms with Gasteiger partial charge in [-0.15, -0.1) is 0 Å². The molecule has 0 bridgehead atoms. The number of oxazole rings is 1. The number of anilines is 1. The van der Waals surface area contributed by atoms with E-state index in [0.717, 1.165) is 16.7 Å². The highest BCUT2D eigenvalue weighted by Gasteiger charge is 2.12. The number of hydrogen-bond donors (Lipinski definition) is 2. The van der Waals surface area contributed by atoms with Gasteiger partial charge in [0, 0.05) is 16.8 Å². The molecule has 0 aliphatic rings. The third-order valence-corrected chi connectivity index (χ3v) is 4.82. The van der Waals surface area contributed by atoms with Crippen LogP contribution in [0.4, 0.5) is 5.69 Å². The van der Waals surface area contributed by atoms with E-state index in [9.17, 15) is 4.79 Å². The molecule has 0 fully saturated rings. The Morgan fingerprint density at radius 3 is 2.57 bits per heavy atom. The van der Waals surface area contributed by atoms with Crippen LogP contribution in [0, 0.1) is 0 Å². The largest absolute Gasteiger partial charge is 0.495 e. The number of benzene rings is 3. The van der Waals surface area contributed by atoms with Crippen LogP contribution in [0.2, 0.25) is 5.02 Å². The zero-order valence-electron chi connectivity index (χ0n) is 15.8. The maximum Gasteiger partial charge on any atom is 0.257 e. The topological polar surface area (TPSA) is 76.4 Å². The maximum atomic E-state index is 12.4. The van der Waals surface area contributed by atoms with Crippen LogP contribution in [0.3, 0.4) is 0 Å². The van der Waals surface area contributed by atoms with E-state index in [0.29, 0.717) is 27.9 Å². The molecule has 0 aliphatic heterocycles. The number of rotatable bonds is 4. The minimum atomic E-state index is -0.375. The first-order chi connectivity index (χ1) is 14.5. The number of carbonyl (C=O) groups is 1. The average Bonchev–Trinajstić information content (AvgIpc) is 3.18. The van der Waals surface area contributed by atoms with Gasteiger partial charge in [0.15, 0.2) is 10.7 Å². The van der Waals surface area contributed by atoms with Crippen LogP contribution in [-0.4, -0.2) is 23.1 Å². The minimum absolute atomic E-state index is 0.168. The van der Waals surface area contributed by atoms with Gasteiger partial charge in [-0.3, -0.25) is 10.1 Å². The van der Waals surface area contributed by atoms with E-state index in [4.69, 9.17) is 33.0 Å². The molecule has 0 unspecified atom stereocenters. The van der Waals surface area contributed by atoms with Crippen LogP contribution >= 0.6 is 23.8 Å². The summed E-state index contributed by atoms with van der Waals surface area (Å²) in [6, 6.07) is 19.7. The molecule has 6 nitrogen and oxygen atoms in total. The molecule has 0 spiro atoms. The quantitative estimate of drug-likeness (QED) is 0.423. The fraction of sp³-hybridized carbons (Fsp3) is 0.0455. The SMILES string of the molecule is COc1ccc(C(=O)NC(=S)Nc2ccc(-c3nc4ccccc4o3)cc2)cc1Cl. The molecule has 0 saturated heterocycles. The molecule has 1 aromatic heterocycles. The van der Waals surface area contributed by atoms with Crippen molar-refractivity contribution in [3.05, 3.63) is 77.3 Å². The predicted octanol–water partition coefficient (Wildman–Crippen LogP) is 5.28. The number of methoxy groups -OCH3 is 1. The summed E-state index contributed by atoms with van der Waals surface area (Å²) in [5.74, 6) is 0.656. The van der Waals surface area contributed by atoms with Crippen molar-refractivity contribution in [2.45, 2.75) is 0 Å². The Labute approximate surface area is 182 Å². The molecular weight excluding hydrogens is 422 g/mol. The second-order valence-corrected chi connectivity index (χ2v) is 7.14. The monoisotopic (exact) mass is 437 g/mol. The molecule has 8 heteroatoms. The molecule has 4 rings (SSSR count). The lowest BCUT2D eigenvalue weighted by atomic mass is 10.2. The zero-order valence-corrected chi connectivity index (χ0v) is 17.4. The van der Waals surface area contributed by atoms with E-state index in [-0.39, 0.29) is 11.0 Å². The predicted molar refractivity (Wildman–Crippen MR) is 121 cm³/mol. The van der Waals surface area contributed by atoms with Crippen molar-refractivity contribution in [2.24, 2.45) is 0 Å². The van der Waals surface area contributed by atoms with Gasteiger partial charge in [-0.05, 0) is 66.8 Å². The lowest BCUT2D eigenvalue weighted by Crippen LogP contribution is -2.34. The van der Waals surface area contributed by atoms with Gasteiger partial charge in [0.25, 0.3) is 5.91 Å². The molecule has 1 heterocycles. The van der Waals surface area contributed by atoms with Crippen LogP contribution < -0.4 is 15.4 Å². The lowest BCUT2D eigenvalue weighted by Gasteiger charge is -2.10. The molecule has 0 aliphatic carbocycles. The minimum Gasteiger partial charge on any atom is -0.495 e. The van der Waals surface area contributed by atoms with Gasteiger partial charge in [0.2, 0.25) is 5.89 Å². The fourth-order valence-electron chi connectivity index (χ4n) is 2.84. The highest BCUT2D eigenvalue weighted by atomic mass is 35.5. The van der Waals surface area contributed by atoms with Crippen molar-refractivity contribution in [2.75, 3.05) is 12.4 Å². The highest BCUT2D eigenvalue weighted by molar-refractivity contribution is 7.80. The van der Waals surface area contributed by atoms with Crippen LogP contribution in [0.5, 0.6) is 5.75 Å². The summed E-state index contributed by atoms with van der Waals surface area (Å²) in [7, 11) is 1.51. The number of para-hydroxylation sites is 2. The third kappa shape index (κ3) is 4.27. The zero-order chi connectivity index (χ0) is 21.1. The molecule has 0 saturated carbocycles. The summed E-state index contributed by atoms with van der Waals surface area (Å²) in [5.41, 5.74) is 3.46. The number of carbonyl (C=O) groups excluding carboxylic acids is 1. The summed E-state index contributed by atoms with van der Waals surface area (Å²) in [5, 5.41) is 6.11. The first-order valence-corrected chi connectivity index (χ1v) is 9.74. The number of nitrogens with one attached hydrogen (secondary N) is 2. The number of aromatic nitrogens is 1. The van der Waals surface area contributed by atoms with Gasteiger partial charge in [0.1, 0.15) is 11.3 Å². The number of halogens is 1. The van der Waals surface area contributed by atoms with Crippen molar-refractivity contribution < 1.29 is 13.9 Å². The first-order valence-electron chi connectivity index (χ1n) is 8.95. The number of nitrogens with zero attached hydrogens (tertiary/aromatic N) is 1. The van der Waals surface area contributed by atoms with Crippen molar-refractivity contribution in [1.29, 1.82) is 0 Å². The molecule has 0 radical (unpaired) electrons. The van der Waals surface area contributed by atoms with Crippen LogP contribution in [0.25, 0.3) is 22.6 Å². The van der Waals surface area contributed by atoms with Crippen LogP contribution in [0.15, 0.2) is 71.1 Å². The number of thiocarbonyl (C=S) groups is 1. The normalized spacial score (nSPS) is 10.6. The summed E-state index contributed by atoms with van der Waals surface area (Å²) in [4.78, 5) is 16.8. The number of hydrogen-bond acceptors (Lipinski definition) is 5. The second kappa shape index (κ2) is 8.52. The summed E-state index contributed by atoms with van der Waals surface area (Å²) in [6.07, 6.45) is 0. The van der Waals surface area contributed by atoms with Crippen LogP contribution in [-0.2, 0) is 0 Å². The van der Waals surface area contributed by atoms with Crippen molar-refractivity contribution in [1.82, 2.24) is 10.3 Å². The van der Waals surface area contributed by atoms with Gasteiger partial charge in [0.05, 0.1) is 12.1 Å². The number of fused-ring (bicyclic) bond motifs is 1. The van der Waals surface area contributed by atoms with Crippen LogP contribution in [0.1, 0.15) is 10.4 Å². The Morgan fingerprint density at radius 1 is 1.10 bits per heavy atom. The number of amides is 1. The van der Waals surface area contributed by atoms with Gasteiger partial charge >= 0.3 is 0 Å². The van der Waals surface area contributed by atoms with E-state index < -0.39 is 0 Å². The smallest absolute Gasteiger partial charge is 0.257 e. The summed E-state index contributed by atoms with van der Waals surface area (Å²) >= 11 is 11.3. The Balaban J connectivity index is 1.41. The summed E-state index contributed by atoms with van der Waals surface area (Å²) in [6.45, 7) is 0. The standard InChI is InChI=1S/C22H16ClN3O3S/c1-28-18-11-8-14(12-16(18)23)20(27)26-22(30)24-15-9-6-13(7-10-15)21-25-17-4-2-3-5-19(17)29-21/h2-12H,1H3,(H2,24,26,27,30). The lowest BCUT2D eigenvalue weighted by molar-refractivity contribution is 0.0977. The molecule has 30 heavy (non-hydrogen) atoms. The van der Waals surface area contributed by atoms with E-state index >= 15 is 0 Å². The molecule has 150 valence electrons. The van der Waals surface area contributed by atoms with E-state index in [2.05, 4.69) is 15.6 Å². The summed E-state index contributed by atoms with van der Waals surface area (Å²) < 4.78 is 10.9. The number of ether oxygens (including phenoxy) is 1. The Bertz CT molecular complexity index is 1210.